The number of hydrogen-bond acceptors (Lipinski definition) is 7. The lowest BCUT2D eigenvalue weighted by molar-refractivity contribution is -0.137. The molecule has 12 nitrogen and oxygen atoms in total. The Kier molecular flexibility index (Phi) is 12.4. The predicted octanol–water partition coefficient (Wildman–Crippen LogP) is 4.42. The number of nitrogens with one attached hydrogen (secondary N) is 1. The quantitative estimate of drug-likeness (QED) is 0.206. The van der Waals surface area contributed by atoms with Gasteiger partial charge in [-0.15, -0.1) is 4.99 Å². The molecule has 216 valence electrons. The number of nitrogens with two attached hydrogens (primary N) is 1. The minimum atomic E-state index is -1.12. The monoisotopic (exact) mass is 556 g/mol. The standard InChI is InChI=1S/C28H36N4O8/c1-28(2,3)40-26(36)30-22(17-23(33)34)15-10-16-32(27(37)39-19-21-13-8-5-9-14-21)24(29)31-25(35)38-18-20-11-6-4-7-12-20/h4-9,11-14,22H,10,15-19H2,1-3H3,(H,30,36)(H,33,34)(H2,29,31,35)/t22-/m0/s1. The zero-order valence-electron chi connectivity index (χ0n) is 22.9. The van der Waals surface area contributed by atoms with Gasteiger partial charge in [-0.25, -0.2) is 19.3 Å². The van der Waals surface area contributed by atoms with Gasteiger partial charge in [-0.3, -0.25) is 4.79 Å². The molecule has 2 aromatic rings. The van der Waals surface area contributed by atoms with Crippen molar-refractivity contribution < 1.29 is 38.5 Å². The van der Waals surface area contributed by atoms with Gasteiger partial charge in [0.05, 0.1) is 6.42 Å². The molecule has 0 heterocycles. The highest BCUT2D eigenvalue weighted by Crippen LogP contribution is 2.11. The van der Waals surface area contributed by atoms with E-state index in [9.17, 15) is 24.3 Å². The first-order chi connectivity index (χ1) is 18.9. The van der Waals surface area contributed by atoms with Gasteiger partial charge in [0.15, 0.2) is 0 Å². The van der Waals surface area contributed by atoms with Crippen LogP contribution in [0.5, 0.6) is 0 Å². The maximum Gasteiger partial charge on any atom is 0.437 e. The molecule has 2 aromatic carbocycles. The first-order valence-corrected chi connectivity index (χ1v) is 12.7. The fourth-order valence-electron chi connectivity index (χ4n) is 3.41. The van der Waals surface area contributed by atoms with E-state index in [4.69, 9.17) is 19.9 Å². The zero-order chi connectivity index (χ0) is 29.5. The number of alkyl carbamates (subject to hydrolysis) is 1. The summed E-state index contributed by atoms with van der Waals surface area (Å²) >= 11 is 0. The Bertz CT molecular complexity index is 1150. The number of hydrogen-bond donors (Lipinski definition) is 3. The Morgan fingerprint density at radius 2 is 1.50 bits per heavy atom. The van der Waals surface area contributed by atoms with Crippen molar-refractivity contribution >= 4 is 30.2 Å². The second kappa shape index (κ2) is 15.7. The fourth-order valence-corrected chi connectivity index (χ4v) is 3.41. The van der Waals surface area contributed by atoms with E-state index < -0.39 is 41.9 Å². The maximum atomic E-state index is 12.9. The van der Waals surface area contributed by atoms with Gasteiger partial charge >= 0.3 is 24.2 Å². The van der Waals surface area contributed by atoms with Gasteiger partial charge in [-0.1, -0.05) is 60.7 Å². The number of carboxylic acid groups (broad SMARTS) is 1. The summed E-state index contributed by atoms with van der Waals surface area (Å²) in [6.07, 6.45) is -2.66. The smallest absolute Gasteiger partial charge is 0.437 e. The lowest BCUT2D eigenvalue weighted by Crippen LogP contribution is -2.44. The summed E-state index contributed by atoms with van der Waals surface area (Å²) in [6, 6.07) is 17.1. The second-order valence-corrected chi connectivity index (χ2v) is 9.79. The second-order valence-electron chi connectivity index (χ2n) is 9.79. The number of carboxylic acids is 1. The molecular formula is C28H36N4O8. The maximum absolute atomic E-state index is 12.9. The Morgan fingerprint density at radius 1 is 0.950 bits per heavy atom. The van der Waals surface area contributed by atoms with Gasteiger partial charge in [-0.05, 0) is 44.7 Å². The number of benzene rings is 2. The van der Waals surface area contributed by atoms with E-state index in [0.717, 1.165) is 16.0 Å². The Hall–Kier alpha value is -4.61. The van der Waals surface area contributed by atoms with Crippen molar-refractivity contribution in [2.45, 2.75) is 64.9 Å². The van der Waals surface area contributed by atoms with E-state index in [2.05, 4.69) is 10.3 Å². The highest BCUT2D eigenvalue weighted by molar-refractivity contribution is 5.97. The number of rotatable bonds is 11. The molecular weight excluding hydrogens is 520 g/mol. The first kappa shape index (κ1) is 31.6. The van der Waals surface area contributed by atoms with Crippen LogP contribution in [0.15, 0.2) is 65.7 Å². The summed E-state index contributed by atoms with van der Waals surface area (Å²) in [6.45, 7) is 4.88. The van der Waals surface area contributed by atoms with Crippen molar-refractivity contribution in [1.29, 1.82) is 0 Å². The predicted molar refractivity (Wildman–Crippen MR) is 146 cm³/mol. The molecule has 0 saturated carbocycles. The summed E-state index contributed by atoms with van der Waals surface area (Å²) in [7, 11) is 0. The summed E-state index contributed by atoms with van der Waals surface area (Å²) < 4.78 is 15.7. The third kappa shape index (κ3) is 12.8. The highest BCUT2D eigenvalue weighted by atomic mass is 16.6. The average Bonchev–Trinajstić information content (AvgIpc) is 2.88. The van der Waals surface area contributed by atoms with Crippen LogP contribution in [0.2, 0.25) is 0 Å². The number of carbonyl (C=O) groups is 4. The van der Waals surface area contributed by atoms with Crippen molar-refractivity contribution in [2.24, 2.45) is 10.7 Å². The number of nitrogens with zero attached hydrogens (tertiary/aromatic N) is 2. The van der Waals surface area contributed by atoms with Gasteiger partial charge < -0.3 is 30.4 Å². The minimum Gasteiger partial charge on any atom is -0.481 e. The fraction of sp³-hybridized carbons (Fsp3) is 0.393. The molecule has 0 aliphatic rings. The van der Waals surface area contributed by atoms with Gasteiger partial charge in [0, 0.05) is 12.6 Å². The normalized spacial score (nSPS) is 12.1. The van der Waals surface area contributed by atoms with Crippen LogP contribution in [0, 0.1) is 0 Å². The molecule has 0 aliphatic carbocycles. The van der Waals surface area contributed by atoms with E-state index in [1.807, 2.05) is 12.1 Å². The van der Waals surface area contributed by atoms with E-state index >= 15 is 0 Å². The summed E-state index contributed by atoms with van der Waals surface area (Å²) in [4.78, 5) is 53.3. The van der Waals surface area contributed by atoms with Crippen molar-refractivity contribution in [3.8, 4) is 0 Å². The topological polar surface area (TPSA) is 170 Å². The number of aliphatic carboxylic acids is 1. The molecule has 0 fully saturated rings. The average molecular weight is 557 g/mol. The lowest BCUT2D eigenvalue weighted by atomic mass is 10.1. The molecule has 0 aromatic heterocycles. The SMILES string of the molecule is CC(C)(C)OC(=O)N[C@@H](CCCN(C(=O)OCc1ccccc1)/C(N)=N/C(=O)OCc1ccccc1)CC(=O)O. The highest BCUT2D eigenvalue weighted by Gasteiger charge is 2.24. The van der Waals surface area contributed by atoms with E-state index in [1.54, 1.807) is 69.3 Å². The van der Waals surface area contributed by atoms with Crippen LogP contribution in [0.1, 0.15) is 51.2 Å². The van der Waals surface area contributed by atoms with Gasteiger partial charge in [0.25, 0.3) is 0 Å². The van der Waals surface area contributed by atoms with Gasteiger partial charge in [-0.2, -0.15) is 0 Å². The van der Waals surface area contributed by atoms with E-state index in [-0.39, 0.29) is 39.0 Å². The Morgan fingerprint density at radius 3 is 2.02 bits per heavy atom. The molecule has 3 amide bonds. The largest absolute Gasteiger partial charge is 0.481 e. The molecule has 0 bridgehead atoms. The molecule has 0 saturated heterocycles. The number of guanidine groups is 1. The molecule has 12 heteroatoms. The van der Waals surface area contributed by atoms with Crippen molar-refractivity contribution in [1.82, 2.24) is 10.2 Å². The third-order valence-corrected chi connectivity index (χ3v) is 5.19. The van der Waals surface area contributed by atoms with Crippen LogP contribution in [-0.2, 0) is 32.2 Å². The summed E-state index contributed by atoms with van der Waals surface area (Å²) in [5.41, 5.74) is 6.70. The number of ether oxygens (including phenoxy) is 3. The van der Waals surface area contributed by atoms with E-state index in [0.29, 0.717) is 0 Å². The zero-order valence-corrected chi connectivity index (χ0v) is 22.9. The van der Waals surface area contributed by atoms with Crippen LogP contribution < -0.4 is 11.1 Å². The molecule has 2 rings (SSSR count). The molecule has 0 spiro atoms. The Labute approximate surface area is 233 Å². The Balaban J connectivity index is 2.08. The lowest BCUT2D eigenvalue weighted by Gasteiger charge is -2.24. The molecule has 0 radical (unpaired) electrons. The molecule has 0 unspecified atom stereocenters. The molecule has 4 N–H and O–H groups in total. The third-order valence-electron chi connectivity index (χ3n) is 5.19. The van der Waals surface area contributed by atoms with Crippen molar-refractivity contribution in [3.05, 3.63) is 71.8 Å². The van der Waals surface area contributed by atoms with Crippen molar-refractivity contribution in [2.75, 3.05) is 6.54 Å². The summed E-state index contributed by atoms with van der Waals surface area (Å²) in [5.74, 6) is -1.58. The minimum absolute atomic E-state index is 0.0396. The van der Waals surface area contributed by atoms with Crippen LogP contribution in [0.3, 0.4) is 0 Å². The number of carbonyl (C=O) groups excluding carboxylic acids is 3. The van der Waals surface area contributed by atoms with Crippen LogP contribution in [-0.4, -0.2) is 58.4 Å². The van der Waals surface area contributed by atoms with Gasteiger partial charge in [0.2, 0.25) is 5.96 Å². The molecule has 0 aliphatic heterocycles. The molecule has 40 heavy (non-hydrogen) atoms. The van der Waals surface area contributed by atoms with Crippen LogP contribution >= 0.6 is 0 Å². The molecule has 1 atom stereocenters. The number of aliphatic imine (C=N–C) groups is 1. The van der Waals surface area contributed by atoms with Crippen LogP contribution in [0.25, 0.3) is 0 Å². The first-order valence-electron chi connectivity index (χ1n) is 12.7. The van der Waals surface area contributed by atoms with E-state index in [1.165, 1.54) is 0 Å². The van der Waals surface area contributed by atoms with Gasteiger partial charge in [0.1, 0.15) is 18.8 Å². The summed E-state index contributed by atoms with van der Waals surface area (Å²) in [5, 5.41) is 11.8. The van der Waals surface area contributed by atoms with Crippen molar-refractivity contribution in [3.63, 3.8) is 0 Å². The number of amides is 3. The van der Waals surface area contributed by atoms with Crippen LogP contribution in [0.4, 0.5) is 14.4 Å².